The van der Waals surface area contributed by atoms with E-state index in [1.807, 2.05) is 0 Å². The summed E-state index contributed by atoms with van der Waals surface area (Å²) in [5.74, 6) is 0. The number of aromatic nitrogens is 1. The lowest BCUT2D eigenvalue weighted by Crippen LogP contribution is -2.33. The third-order valence-corrected chi connectivity index (χ3v) is 6.23. The van der Waals surface area contributed by atoms with Crippen LogP contribution in [-0.4, -0.2) is 13.4 Å². The van der Waals surface area contributed by atoms with Crippen molar-refractivity contribution in [2.75, 3.05) is 5.73 Å². The highest BCUT2D eigenvalue weighted by Crippen LogP contribution is 2.43. The summed E-state index contributed by atoms with van der Waals surface area (Å²) in [4.78, 5) is 3.15. The lowest BCUT2D eigenvalue weighted by atomic mass is 9.95. The van der Waals surface area contributed by atoms with Crippen LogP contribution in [0.4, 0.5) is 18.3 Å². The Kier molecular flexibility index (Phi) is 4.73. The highest BCUT2D eigenvalue weighted by Gasteiger charge is 2.40. The summed E-state index contributed by atoms with van der Waals surface area (Å²) < 4.78 is 66.0. The molecule has 9 nitrogen and oxygen atoms in total. The number of nitrogens with two attached hydrogens (primary N) is 2. The quantitative estimate of drug-likeness (QED) is 0.354. The van der Waals surface area contributed by atoms with Crippen molar-refractivity contribution in [1.29, 1.82) is 0 Å². The number of nitrogens with one attached hydrogen (secondary N) is 4. The van der Waals surface area contributed by atoms with Gasteiger partial charge in [0.25, 0.3) is 0 Å². The van der Waals surface area contributed by atoms with Gasteiger partial charge in [-0.15, -0.1) is 0 Å². The first kappa shape index (κ1) is 20.0. The number of anilines is 1. The van der Waals surface area contributed by atoms with Crippen LogP contribution in [0.2, 0.25) is 0 Å². The molecule has 1 aliphatic rings. The number of sulfonamides is 1. The van der Waals surface area contributed by atoms with Crippen molar-refractivity contribution >= 4 is 36.7 Å². The standard InChI is InChI=1S/C15H14F3N7O2S2/c16-15(17,18)8-5-4-6(7-2-1-3-9-11(7)28-14(19)21-9)10(12(8)29(20,26)27)13-22-24-25-23-13/h1-5,13,22-25H,(H2,19,21)(H2,20,26,27). The molecule has 2 aromatic carbocycles. The molecule has 1 saturated heterocycles. The summed E-state index contributed by atoms with van der Waals surface area (Å²) >= 11 is 1.14. The molecular weight excluding hydrogens is 431 g/mol. The van der Waals surface area contributed by atoms with Crippen molar-refractivity contribution in [2.45, 2.75) is 17.2 Å². The van der Waals surface area contributed by atoms with Crippen LogP contribution in [0.25, 0.3) is 21.3 Å². The van der Waals surface area contributed by atoms with E-state index in [1.54, 1.807) is 18.2 Å². The van der Waals surface area contributed by atoms with Crippen LogP contribution in [0.15, 0.2) is 35.2 Å². The molecule has 0 spiro atoms. The molecule has 3 aromatic rings. The molecule has 14 heteroatoms. The molecule has 1 fully saturated rings. The lowest BCUT2D eigenvalue weighted by molar-refractivity contribution is -0.140. The molecular formula is C15H14F3N7O2S2. The van der Waals surface area contributed by atoms with Crippen molar-refractivity contribution in [2.24, 2.45) is 5.14 Å². The van der Waals surface area contributed by atoms with Gasteiger partial charge in [-0.25, -0.2) is 29.4 Å². The summed E-state index contributed by atoms with van der Waals surface area (Å²) in [7, 11) is -4.76. The fourth-order valence-corrected chi connectivity index (χ4v) is 5.11. The van der Waals surface area contributed by atoms with E-state index in [9.17, 15) is 21.6 Å². The second kappa shape index (κ2) is 6.88. The van der Waals surface area contributed by atoms with Crippen LogP contribution in [-0.2, 0) is 16.2 Å². The van der Waals surface area contributed by atoms with Crippen LogP contribution in [0, 0.1) is 0 Å². The van der Waals surface area contributed by atoms with Gasteiger partial charge in [-0.3, -0.25) is 0 Å². The Balaban J connectivity index is 2.12. The van der Waals surface area contributed by atoms with E-state index >= 15 is 0 Å². The molecule has 8 N–H and O–H groups in total. The number of thiazole rings is 1. The fraction of sp³-hybridized carbons (Fsp3) is 0.133. The Bertz CT molecular complexity index is 1200. The fourth-order valence-electron chi connectivity index (χ4n) is 3.23. The van der Waals surface area contributed by atoms with E-state index in [2.05, 4.69) is 26.9 Å². The number of halogens is 3. The average molecular weight is 445 g/mol. The summed E-state index contributed by atoms with van der Waals surface area (Å²) in [6.45, 7) is 0. The minimum atomic E-state index is -4.94. The van der Waals surface area contributed by atoms with Gasteiger partial charge in [0.05, 0.1) is 15.8 Å². The van der Waals surface area contributed by atoms with Crippen molar-refractivity contribution in [3.8, 4) is 11.1 Å². The second-order valence-corrected chi connectivity index (χ2v) is 8.65. The highest BCUT2D eigenvalue weighted by molar-refractivity contribution is 7.89. The highest BCUT2D eigenvalue weighted by atomic mass is 32.2. The van der Waals surface area contributed by atoms with Crippen LogP contribution in [0.5, 0.6) is 0 Å². The number of nitrogen functional groups attached to an aromatic ring is 1. The summed E-state index contributed by atoms with van der Waals surface area (Å²) in [6.07, 6.45) is -5.98. The van der Waals surface area contributed by atoms with E-state index < -0.39 is 32.8 Å². The average Bonchev–Trinajstić information content (AvgIpc) is 3.27. The molecule has 29 heavy (non-hydrogen) atoms. The first-order valence-corrected chi connectivity index (χ1v) is 10.4. The third-order valence-electron chi connectivity index (χ3n) is 4.29. The van der Waals surface area contributed by atoms with Crippen molar-refractivity contribution in [1.82, 2.24) is 26.9 Å². The number of benzene rings is 2. The van der Waals surface area contributed by atoms with Crippen molar-refractivity contribution in [3.05, 3.63) is 41.5 Å². The number of alkyl halides is 3. The van der Waals surface area contributed by atoms with Gasteiger partial charge in [0, 0.05) is 11.1 Å². The van der Waals surface area contributed by atoms with Crippen LogP contribution >= 0.6 is 11.3 Å². The van der Waals surface area contributed by atoms with Crippen LogP contribution in [0.3, 0.4) is 0 Å². The topological polar surface area (TPSA) is 147 Å². The Morgan fingerprint density at radius 3 is 2.38 bits per heavy atom. The largest absolute Gasteiger partial charge is 0.417 e. The predicted octanol–water partition coefficient (Wildman–Crippen LogP) is 1.33. The summed E-state index contributed by atoms with van der Waals surface area (Å²) in [6, 6.07) is 6.91. The molecule has 1 aromatic heterocycles. The minimum Gasteiger partial charge on any atom is -0.375 e. The molecule has 0 aliphatic carbocycles. The molecule has 2 heterocycles. The number of rotatable bonds is 3. The monoisotopic (exact) mass is 445 g/mol. The van der Waals surface area contributed by atoms with Crippen molar-refractivity contribution < 1.29 is 21.6 Å². The maximum absolute atomic E-state index is 13.6. The second-order valence-electron chi connectivity index (χ2n) is 6.12. The van der Waals surface area contributed by atoms with Gasteiger partial charge in [0.15, 0.2) is 5.13 Å². The van der Waals surface area contributed by atoms with Crippen LogP contribution < -0.4 is 32.8 Å². The normalized spacial score (nSPS) is 16.0. The smallest absolute Gasteiger partial charge is 0.375 e. The first-order valence-electron chi connectivity index (χ1n) is 8.00. The van der Waals surface area contributed by atoms with Gasteiger partial charge in [-0.1, -0.05) is 29.5 Å². The number of nitrogens with zero attached hydrogens (tertiary/aromatic N) is 1. The van der Waals surface area contributed by atoms with E-state index in [4.69, 9.17) is 10.9 Å². The maximum atomic E-state index is 13.6. The number of hydrogen-bond donors (Lipinski definition) is 6. The number of hydrazine groups is 3. The molecule has 0 saturated carbocycles. The number of primary sulfonamides is 1. The van der Waals surface area contributed by atoms with Gasteiger partial charge in [0.2, 0.25) is 10.0 Å². The maximum Gasteiger partial charge on any atom is 0.417 e. The Hall–Kier alpha value is -2.33. The van der Waals surface area contributed by atoms with E-state index in [0.717, 1.165) is 11.3 Å². The zero-order valence-corrected chi connectivity index (χ0v) is 16.0. The summed E-state index contributed by atoms with van der Waals surface area (Å²) in [5, 5.41) is 5.50. The predicted molar refractivity (Wildman–Crippen MR) is 101 cm³/mol. The van der Waals surface area contributed by atoms with E-state index in [1.165, 1.54) is 6.07 Å². The molecule has 0 amide bonds. The van der Waals surface area contributed by atoms with Crippen molar-refractivity contribution in [3.63, 3.8) is 0 Å². The van der Waals surface area contributed by atoms with Gasteiger partial charge in [0.1, 0.15) is 11.1 Å². The van der Waals surface area contributed by atoms with Gasteiger partial charge >= 0.3 is 6.18 Å². The molecule has 4 rings (SSSR count). The Morgan fingerprint density at radius 2 is 1.76 bits per heavy atom. The van der Waals surface area contributed by atoms with Crippen LogP contribution in [0.1, 0.15) is 17.3 Å². The molecule has 1 aliphatic heterocycles. The minimum absolute atomic E-state index is 0.195. The van der Waals surface area contributed by atoms with Gasteiger partial charge < -0.3 is 5.73 Å². The molecule has 0 unspecified atom stereocenters. The molecule has 0 radical (unpaired) electrons. The SMILES string of the molecule is Nc1nc2cccc(-c3ccc(C(F)(F)F)c(S(N)(=O)=O)c3C3NNNN3)c2s1. The third kappa shape index (κ3) is 3.55. The Morgan fingerprint density at radius 1 is 1.07 bits per heavy atom. The summed E-state index contributed by atoms with van der Waals surface area (Å²) in [5.41, 5.74) is 15.7. The molecule has 0 atom stereocenters. The first-order chi connectivity index (χ1) is 13.6. The molecule has 0 bridgehead atoms. The Labute approximate surface area is 166 Å². The number of fused-ring (bicyclic) bond motifs is 1. The molecule has 154 valence electrons. The zero-order chi connectivity index (χ0) is 21.0. The van der Waals surface area contributed by atoms with E-state index in [0.29, 0.717) is 21.8 Å². The number of hydrogen-bond acceptors (Lipinski definition) is 9. The lowest BCUT2D eigenvalue weighted by Gasteiger charge is -2.22. The van der Waals surface area contributed by atoms with Gasteiger partial charge in [-0.2, -0.15) is 24.2 Å². The van der Waals surface area contributed by atoms with Gasteiger partial charge in [-0.05, 0) is 17.7 Å². The van der Waals surface area contributed by atoms with E-state index in [-0.39, 0.29) is 16.3 Å². The zero-order valence-electron chi connectivity index (χ0n) is 14.3.